The van der Waals surface area contributed by atoms with Gasteiger partial charge in [0.15, 0.2) is 0 Å². The number of halogens is 1. The largest absolute Gasteiger partial charge is 0.489 e. The molecule has 3 aromatic carbocycles. The second kappa shape index (κ2) is 12.8. The Labute approximate surface area is 210 Å². The number of carbonyl (C=O) groups is 2. The Morgan fingerprint density at radius 1 is 0.944 bits per heavy atom. The highest BCUT2D eigenvalue weighted by atomic mass is 19.1. The Kier molecular flexibility index (Phi) is 9.02. The number of benzene rings is 3. The molecule has 188 valence electrons. The zero-order chi connectivity index (χ0) is 25.2. The van der Waals surface area contributed by atoms with E-state index in [0.717, 1.165) is 24.2 Å². The molecule has 1 saturated heterocycles. The summed E-state index contributed by atoms with van der Waals surface area (Å²) in [5.41, 5.74) is 2.88. The van der Waals surface area contributed by atoms with Crippen molar-refractivity contribution >= 4 is 17.5 Å². The van der Waals surface area contributed by atoms with Crippen molar-refractivity contribution in [1.82, 2.24) is 10.2 Å². The number of anilines is 1. The lowest BCUT2D eigenvalue weighted by Gasteiger charge is -2.26. The van der Waals surface area contributed by atoms with E-state index in [0.29, 0.717) is 49.7 Å². The van der Waals surface area contributed by atoms with Crippen LogP contribution in [0.5, 0.6) is 5.75 Å². The van der Waals surface area contributed by atoms with E-state index in [1.807, 2.05) is 24.3 Å². The molecule has 0 aromatic heterocycles. The van der Waals surface area contributed by atoms with Gasteiger partial charge in [0.1, 0.15) is 18.2 Å². The Hall–Kier alpha value is -3.75. The molecule has 0 spiro atoms. The fourth-order valence-electron chi connectivity index (χ4n) is 3.83. The molecule has 2 amide bonds. The Bertz CT molecular complexity index is 1160. The maximum absolute atomic E-state index is 13.1. The topological polar surface area (TPSA) is 79.9 Å². The first-order valence-corrected chi connectivity index (χ1v) is 12.0. The van der Waals surface area contributed by atoms with Gasteiger partial charge in [0.05, 0.1) is 13.2 Å². The van der Waals surface area contributed by atoms with Gasteiger partial charge in [-0.25, -0.2) is 4.39 Å². The Morgan fingerprint density at radius 2 is 1.72 bits per heavy atom. The van der Waals surface area contributed by atoms with Gasteiger partial charge < -0.3 is 20.1 Å². The third-order valence-electron chi connectivity index (χ3n) is 5.84. The molecule has 0 unspecified atom stereocenters. The molecule has 0 saturated carbocycles. The summed E-state index contributed by atoms with van der Waals surface area (Å²) in [6, 6.07) is 20.4. The summed E-state index contributed by atoms with van der Waals surface area (Å²) < 4.78 is 24.1. The predicted octanol–water partition coefficient (Wildman–Crippen LogP) is 4.00. The van der Waals surface area contributed by atoms with E-state index >= 15 is 0 Å². The molecule has 2 N–H and O–H groups in total. The summed E-state index contributed by atoms with van der Waals surface area (Å²) in [4.78, 5) is 27.2. The third-order valence-corrected chi connectivity index (χ3v) is 5.84. The zero-order valence-corrected chi connectivity index (χ0v) is 20.0. The maximum atomic E-state index is 13.1. The SMILES string of the molecule is O=C(CCN1CCOCC1)Nc1cccc(CNC(=O)c2cccc(OCc3ccc(F)cc3)c2)c1. The summed E-state index contributed by atoms with van der Waals surface area (Å²) >= 11 is 0. The van der Waals surface area contributed by atoms with Crippen molar-refractivity contribution in [3.05, 3.63) is 95.3 Å². The monoisotopic (exact) mass is 491 g/mol. The molecule has 1 fully saturated rings. The van der Waals surface area contributed by atoms with Gasteiger partial charge in [0.25, 0.3) is 5.91 Å². The van der Waals surface area contributed by atoms with Crippen molar-refractivity contribution in [2.24, 2.45) is 0 Å². The number of hydrogen-bond acceptors (Lipinski definition) is 5. The van der Waals surface area contributed by atoms with E-state index in [2.05, 4.69) is 15.5 Å². The van der Waals surface area contributed by atoms with Crippen LogP contribution < -0.4 is 15.4 Å². The molecule has 4 rings (SSSR count). The van der Waals surface area contributed by atoms with Crippen LogP contribution in [0.1, 0.15) is 27.9 Å². The number of nitrogens with zero attached hydrogens (tertiary/aromatic N) is 1. The lowest BCUT2D eigenvalue weighted by atomic mass is 10.1. The van der Waals surface area contributed by atoms with Gasteiger partial charge in [0.2, 0.25) is 5.91 Å². The van der Waals surface area contributed by atoms with Gasteiger partial charge in [0, 0.05) is 43.9 Å². The highest BCUT2D eigenvalue weighted by Crippen LogP contribution is 2.16. The number of morpholine rings is 1. The van der Waals surface area contributed by atoms with E-state index in [4.69, 9.17) is 9.47 Å². The zero-order valence-electron chi connectivity index (χ0n) is 20.0. The second-order valence-corrected chi connectivity index (χ2v) is 8.58. The van der Waals surface area contributed by atoms with Crippen molar-refractivity contribution in [2.45, 2.75) is 19.6 Å². The standard InChI is InChI=1S/C28H30FN3O4/c29-24-9-7-21(8-10-24)20-36-26-6-2-4-23(18-26)28(34)30-19-22-3-1-5-25(17-22)31-27(33)11-12-32-13-15-35-16-14-32/h1-10,17-18H,11-16,19-20H2,(H,30,34)(H,31,33). The molecule has 0 bridgehead atoms. The second-order valence-electron chi connectivity index (χ2n) is 8.58. The number of amides is 2. The smallest absolute Gasteiger partial charge is 0.251 e. The highest BCUT2D eigenvalue weighted by Gasteiger charge is 2.12. The van der Waals surface area contributed by atoms with Crippen molar-refractivity contribution in [3.8, 4) is 5.75 Å². The summed E-state index contributed by atoms with van der Waals surface area (Å²) in [6.07, 6.45) is 0.417. The minimum Gasteiger partial charge on any atom is -0.489 e. The lowest BCUT2D eigenvalue weighted by Crippen LogP contribution is -2.38. The number of hydrogen-bond donors (Lipinski definition) is 2. The number of nitrogens with one attached hydrogen (secondary N) is 2. The molecule has 1 aliphatic rings. The average Bonchev–Trinajstić information content (AvgIpc) is 2.91. The first kappa shape index (κ1) is 25.3. The van der Waals surface area contributed by atoms with Crippen LogP contribution in [0.4, 0.5) is 10.1 Å². The number of rotatable bonds is 10. The Morgan fingerprint density at radius 3 is 2.53 bits per heavy atom. The highest BCUT2D eigenvalue weighted by molar-refractivity contribution is 5.94. The summed E-state index contributed by atoms with van der Waals surface area (Å²) in [5, 5.41) is 5.84. The van der Waals surface area contributed by atoms with Gasteiger partial charge in [-0.1, -0.05) is 30.3 Å². The molecule has 0 atom stereocenters. The van der Waals surface area contributed by atoms with E-state index < -0.39 is 0 Å². The van der Waals surface area contributed by atoms with E-state index in [9.17, 15) is 14.0 Å². The van der Waals surface area contributed by atoms with Crippen molar-refractivity contribution in [3.63, 3.8) is 0 Å². The van der Waals surface area contributed by atoms with Crippen molar-refractivity contribution in [2.75, 3.05) is 38.2 Å². The summed E-state index contributed by atoms with van der Waals surface area (Å²) in [7, 11) is 0. The molecule has 0 aliphatic carbocycles. The molecule has 7 nitrogen and oxygen atoms in total. The Balaban J connectivity index is 1.25. The molecular weight excluding hydrogens is 461 g/mol. The molecule has 36 heavy (non-hydrogen) atoms. The molecule has 3 aromatic rings. The molecule has 1 aliphatic heterocycles. The fraction of sp³-hybridized carbons (Fsp3) is 0.286. The van der Waals surface area contributed by atoms with Gasteiger partial charge in [-0.2, -0.15) is 0 Å². The number of ether oxygens (including phenoxy) is 2. The number of carbonyl (C=O) groups excluding carboxylic acids is 2. The molecule has 8 heteroatoms. The van der Waals surface area contributed by atoms with Gasteiger partial charge in [-0.15, -0.1) is 0 Å². The quantitative estimate of drug-likeness (QED) is 0.448. The van der Waals surface area contributed by atoms with Crippen LogP contribution in [-0.2, 0) is 22.7 Å². The third kappa shape index (κ3) is 7.90. The average molecular weight is 492 g/mol. The van der Waals surface area contributed by atoms with Crippen LogP contribution >= 0.6 is 0 Å². The fourth-order valence-corrected chi connectivity index (χ4v) is 3.83. The van der Waals surface area contributed by atoms with Crippen LogP contribution in [0, 0.1) is 5.82 Å². The predicted molar refractivity (Wildman–Crippen MR) is 135 cm³/mol. The minimum absolute atomic E-state index is 0.0415. The lowest BCUT2D eigenvalue weighted by molar-refractivity contribution is -0.116. The van der Waals surface area contributed by atoms with Crippen LogP contribution in [0.3, 0.4) is 0 Å². The van der Waals surface area contributed by atoms with E-state index in [1.165, 1.54) is 12.1 Å². The van der Waals surface area contributed by atoms with E-state index in [-0.39, 0.29) is 24.2 Å². The van der Waals surface area contributed by atoms with Gasteiger partial charge in [-0.3, -0.25) is 14.5 Å². The van der Waals surface area contributed by atoms with Gasteiger partial charge >= 0.3 is 0 Å². The summed E-state index contributed by atoms with van der Waals surface area (Å²) in [5.74, 6) is -0.0230. The minimum atomic E-state index is -0.297. The van der Waals surface area contributed by atoms with Crippen LogP contribution in [0.25, 0.3) is 0 Å². The first-order valence-electron chi connectivity index (χ1n) is 12.0. The van der Waals surface area contributed by atoms with Crippen molar-refractivity contribution in [1.29, 1.82) is 0 Å². The molecule has 0 radical (unpaired) electrons. The van der Waals surface area contributed by atoms with Crippen molar-refractivity contribution < 1.29 is 23.5 Å². The first-order chi connectivity index (χ1) is 17.5. The summed E-state index contributed by atoms with van der Waals surface area (Å²) in [6.45, 7) is 4.42. The van der Waals surface area contributed by atoms with Crippen LogP contribution in [-0.4, -0.2) is 49.6 Å². The normalized spacial score (nSPS) is 13.7. The molecule has 1 heterocycles. The van der Waals surface area contributed by atoms with Crippen LogP contribution in [0.2, 0.25) is 0 Å². The molecular formula is C28H30FN3O4. The van der Waals surface area contributed by atoms with Gasteiger partial charge in [-0.05, 0) is 53.6 Å². The maximum Gasteiger partial charge on any atom is 0.251 e. The van der Waals surface area contributed by atoms with E-state index in [1.54, 1.807) is 36.4 Å². The van der Waals surface area contributed by atoms with Crippen LogP contribution in [0.15, 0.2) is 72.8 Å².